The summed E-state index contributed by atoms with van der Waals surface area (Å²) in [5.41, 5.74) is 3.57. The molecule has 4 nitrogen and oxygen atoms in total. The number of benzene rings is 2. The highest BCUT2D eigenvalue weighted by Gasteiger charge is 2.21. The fourth-order valence-electron chi connectivity index (χ4n) is 2.84. The molecule has 1 N–H and O–H groups in total. The van der Waals surface area contributed by atoms with Crippen LogP contribution in [0.2, 0.25) is 0 Å². The molecule has 21 heavy (non-hydrogen) atoms. The number of ether oxygens (including phenoxy) is 3. The van der Waals surface area contributed by atoms with E-state index < -0.39 is 0 Å². The van der Waals surface area contributed by atoms with E-state index >= 15 is 0 Å². The zero-order chi connectivity index (χ0) is 14.1. The first kappa shape index (κ1) is 12.5. The lowest BCUT2D eigenvalue weighted by atomic mass is 9.99. The first-order chi connectivity index (χ1) is 10.4. The van der Waals surface area contributed by atoms with Gasteiger partial charge in [-0.3, -0.25) is 0 Å². The van der Waals surface area contributed by atoms with Crippen LogP contribution in [0.25, 0.3) is 0 Å². The second-order valence-corrected chi connectivity index (χ2v) is 5.27. The molecule has 2 aromatic carbocycles. The number of hydrogen-bond acceptors (Lipinski definition) is 4. The lowest BCUT2D eigenvalue weighted by Crippen LogP contribution is -2.23. The summed E-state index contributed by atoms with van der Waals surface area (Å²) in [7, 11) is 0. The summed E-state index contributed by atoms with van der Waals surface area (Å²) in [4.78, 5) is 0. The summed E-state index contributed by atoms with van der Waals surface area (Å²) < 4.78 is 16.8. The van der Waals surface area contributed by atoms with Crippen LogP contribution in [0.15, 0.2) is 42.5 Å². The first-order valence-electron chi connectivity index (χ1n) is 7.22. The van der Waals surface area contributed by atoms with Crippen LogP contribution in [-0.4, -0.2) is 19.8 Å². The molecule has 4 rings (SSSR count). The van der Waals surface area contributed by atoms with E-state index in [0.29, 0.717) is 26.4 Å². The van der Waals surface area contributed by atoms with Gasteiger partial charge in [0.25, 0.3) is 0 Å². The highest BCUT2D eigenvalue weighted by atomic mass is 16.6. The fraction of sp³-hybridized carbons (Fsp3) is 0.294. The summed E-state index contributed by atoms with van der Waals surface area (Å²) in [5, 5.41) is 3.53. The van der Waals surface area contributed by atoms with Gasteiger partial charge in [0.1, 0.15) is 13.2 Å². The molecule has 0 spiro atoms. The van der Waals surface area contributed by atoms with Gasteiger partial charge in [-0.15, -0.1) is 0 Å². The molecule has 0 radical (unpaired) electrons. The maximum atomic E-state index is 5.67. The van der Waals surface area contributed by atoms with Gasteiger partial charge < -0.3 is 19.5 Å². The maximum absolute atomic E-state index is 5.67. The van der Waals surface area contributed by atoms with Crippen LogP contribution in [0.5, 0.6) is 11.5 Å². The number of rotatable bonds is 2. The van der Waals surface area contributed by atoms with Crippen molar-refractivity contribution in [2.75, 3.05) is 25.1 Å². The van der Waals surface area contributed by atoms with Crippen molar-refractivity contribution in [2.24, 2.45) is 0 Å². The molecule has 0 saturated heterocycles. The molecule has 0 bridgehead atoms. The molecule has 2 heterocycles. The van der Waals surface area contributed by atoms with Gasteiger partial charge in [0, 0.05) is 11.8 Å². The Morgan fingerprint density at radius 2 is 1.81 bits per heavy atom. The van der Waals surface area contributed by atoms with Crippen molar-refractivity contribution in [3.05, 3.63) is 53.6 Å². The van der Waals surface area contributed by atoms with Crippen molar-refractivity contribution < 1.29 is 14.2 Å². The van der Waals surface area contributed by atoms with Gasteiger partial charge in [0.05, 0.1) is 19.3 Å². The quantitative estimate of drug-likeness (QED) is 0.919. The third kappa shape index (κ3) is 2.43. The van der Waals surface area contributed by atoms with Crippen molar-refractivity contribution in [1.82, 2.24) is 0 Å². The minimum atomic E-state index is 0.164. The molecular weight excluding hydrogens is 266 g/mol. The minimum absolute atomic E-state index is 0.164. The van der Waals surface area contributed by atoms with E-state index in [4.69, 9.17) is 14.2 Å². The number of hydrogen-bond donors (Lipinski definition) is 1. The van der Waals surface area contributed by atoms with Gasteiger partial charge in [0.2, 0.25) is 0 Å². The molecule has 1 unspecified atom stereocenters. The van der Waals surface area contributed by atoms with Crippen molar-refractivity contribution in [2.45, 2.75) is 12.6 Å². The van der Waals surface area contributed by atoms with Crippen molar-refractivity contribution in [3.8, 4) is 11.5 Å². The molecule has 2 aromatic rings. The summed E-state index contributed by atoms with van der Waals surface area (Å²) >= 11 is 0. The predicted molar refractivity (Wildman–Crippen MR) is 79.9 cm³/mol. The van der Waals surface area contributed by atoms with Gasteiger partial charge >= 0.3 is 0 Å². The molecule has 0 saturated carbocycles. The molecule has 2 aliphatic heterocycles. The van der Waals surface area contributed by atoms with E-state index in [-0.39, 0.29) is 6.04 Å². The SMILES string of the molecule is c1ccc2c(c1)COCC2Nc1ccc2c(c1)OCCO2. The Balaban J connectivity index is 1.59. The molecule has 0 fully saturated rings. The molecule has 1 atom stereocenters. The van der Waals surface area contributed by atoms with Crippen LogP contribution in [0, 0.1) is 0 Å². The summed E-state index contributed by atoms with van der Waals surface area (Å²) in [6.45, 7) is 2.58. The Labute approximate surface area is 123 Å². The smallest absolute Gasteiger partial charge is 0.163 e. The number of fused-ring (bicyclic) bond motifs is 2. The number of anilines is 1. The Morgan fingerprint density at radius 1 is 0.952 bits per heavy atom. The average Bonchev–Trinajstić information content (AvgIpc) is 2.55. The van der Waals surface area contributed by atoms with E-state index in [1.54, 1.807) is 0 Å². The highest BCUT2D eigenvalue weighted by molar-refractivity contribution is 5.56. The predicted octanol–water partition coefficient (Wildman–Crippen LogP) is 3.14. The van der Waals surface area contributed by atoms with E-state index in [1.807, 2.05) is 18.2 Å². The second-order valence-electron chi connectivity index (χ2n) is 5.27. The van der Waals surface area contributed by atoms with Crippen LogP contribution < -0.4 is 14.8 Å². The largest absolute Gasteiger partial charge is 0.486 e. The molecule has 0 aromatic heterocycles. The van der Waals surface area contributed by atoms with E-state index in [2.05, 4.69) is 29.6 Å². The van der Waals surface area contributed by atoms with E-state index in [1.165, 1.54) is 11.1 Å². The zero-order valence-electron chi connectivity index (χ0n) is 11.7. The van der Waals surface area contributed by atoms with Crippen LogP contribution in [0.4, 0.5) is 5.69 Å². The molecule has 0 aliphatic carbocycles. The molecule has 4 heteroatoms. The second kappa shape index (κ2) is 5.30. The zero-order valence-corrected chi connectivity index (χ0v) is 11.7. The Hall–Kier alpha value is -2.20. The molecular formula is C17H17NO3. The summed E-state index contributed by atoms with van der Waals surface area (Å²) in [6.07, 6.45) is 0. The Bertz CT molecular complexity index is 656. The standard InChI is InChI=1S/C17H17NO3/c1-2-4-14-12(3-1)10-19-11-15(14)18-13-5-6-16-17(9-13)21-8-7-20-16/h1-6,9,15,18H,7-8,10-11H2. The van der Waals surface area contributed by atoms with Crippen LogP contribution >= 0.6 is 0 Å². The first-order valence-corrected chi connectivity index (χ1v) is 7.22. The van der Waals surface area contributed by atoms with Crippen molar-refractivity contribution in [1.29, 1.82) is 0 Å². The third-order valence-corrected chi connectivity index (χ3v) is 3.86. The van der Waals surface area contributed by atoms with Crippen LogP contribution in [-0.2, 0) is 11.3 Å². The minimum Gasteiger partial charge on any atom is -0.486 e. The molecule has 108 valence electrons. The Kier molecular flexibility index (Phi) is 3.16. The van der Waals surface area contributed by atoms with Crippen molar-refractivity contribution >= 4 is 5.69 Å². The van der Waals surface area contributed by atoms with Gasteiger partial charge in [0.15, 0.2) is 11.5 Å². The monoisotopic (exact) mass is 283 g/mol. The lowest BCUT2D eigenvalue weighted by Gasteiger charge is -2.28. The lowest BCUT2D eigenvalue weighted by molar-refractivity contribution is 0.0970. The summed E-state index contributed by atoms with van der Waals surface area (Å²) in [6, 6.07) is 14.5. The number of nitrogens with one attached hydrogen (secondary N) is 1. The van der Waals surface area contributed by atoms with Gasteiger partial charge in [-0.25, -0.2) is 0 Å². The van der Waals surface area contributed by atoms with Gasteiger partial charge in [-0.05, 0) is 23.3 Å². The van der Waals surface area contributed by atoms with Gasteiger partial charge in [-0.1, -0.05) is 24.3 Å². The van der Waals surface area contributed by atoms with Crippen LogP contribution in [0.1, 0.15) is 17.2 Å². The van der Waals surface area contributed by atoms with Crippen molar-refractivity contribution in [3.63, 3.8) is 0 Å². The normalized spacial score (nSPS) is 19.7. The van der Waals surface area contributed by atoms with Gasteiger partial charge in [-0.2, -0.15) is 0 Å². The van der Waals surface area contributed by atoms with Crippen LogP contribution in [0.3, 0.4) is 0 Å². The third-order valence-electron chi connectivity index (χ3n) is 3.86. The average molecular weight is 283 g/mol. The van der Waals surface area contributed by atoms with E-state index in [9.17, 15) is 0 Å². The molecule has 0 amide bonds. The topological polar surface area (TPSA) is 39.7 Å². The van der Waals surface area contributed by atoms with E-state index in [0.717, 1.165) is 17.2 Å². The Morgan fingerprint density at radius 3 is 2.76 bits per heavy atom. The molecule has 2 aliphatic rings. The summed E-state index contributed by atoms with van der Waals surface area (Å²) in [5.74, 6) is 1.61. The highest BCUT2D eigenvalue weighted by Crippen LogP contribution is 2.35. The maximum Gasteiger partial charge on any atom is 0.163 e. The fourth-order valence-corrected chi connectivity index (χ4v) is 2.84.